The molecule has 1 aromatic rings. The molecule has 0 saturated heterocycles. The second kappa shape index (κ2) is 4.72. The van der Waals surface area contributed by atoms with E-state index >= 15 is 0 Å². The molecule has 0 aromatic heterocycles. The fourth-order valence-electron chi connectivity index (χ4n) is 0.897. The van der Waals surface area contributed by atoms with Gasteiger partial charge >= 0.3 is 0 Å². The predicted molar refractivity (Wildman–Crippen MR) is 55.3 cm³/mol. The molecule has 0 fully saturated rings. The molecule has 14 heavy (non-hydrogen) atoms. The van der Waals surface area contributed by atoms with Crippen molar-refractivity contribution in [3.63, 3.8) is 0 Å². The summed E-state index contributed by atoms with van der Waals surface area (Å²) in [5, 5.41) is 1.05. The summed E-state index contributed by atoms with van der Waals surface area (Å²) < 4.78 is 22.2. The van der Waals surface area contributed by atoms with Crippen molar-refractivity contribution in [2.24, 2.45) is 0 Å². The van der Waals surface area contributed by atoms with Crippen molar-refractivity contribution in [2.45, 2.75) is 0 Å². The molecule has 0 N–H and O–H groups in total. The number of carbonyl (C=O) groups is 1. The van der Waals surface area contributed by atoms with Crippen molar-refractivity contribution in [1.29, 1.82) is 0 Å². The number of carbonyl (C=O) groups excluding carboxylic acids is 1. The van der Waals surface area contributed by atoms with E-state index in [1.165, 1.54) is 6.08 Å². The first kappa shape index (κ1) is 10.7. The molecule has 74 valence electrons. The Morgan fingerprint density at radius 3 is 2.36 bits per heavy atom. The van der Waals surface area contributed by atoms with Crippen LogP contribution in [-0.4, -0.2) is 20.5 Å². The van der Waals surface area contributed by atoms with Crippen LogP contribution in [0.25, 0.3) is 6.08 Å². The van der Waals surface area contributed by atoms with E-state index in [2.05, 4.69) is 0 Å². The second-order valence-electron chi connectivity index (χ2n) is 2.71. The van der Waals surface area contributed by atoms with Crippen LogP contribution in [0.2, 0.25) is 0 Å². The van der Waals surface area contributed by atoms with E-state index in [9.17, 15) is 13.2 Å². The first-order valence-corrected chi connectivity index (χ1v) is 5.75. The van der Waals surface area contributed by atoms with Crippen LogP contribution in [0.3, 0.4) is 0 Å². The third kappa shape index (κ3) is 3.53. The predicted octanol–water partition coefficient (Wildman–Crippen LogP) is 1.27. The Morgan fingerprint density at radius 1 is 1.14 bits per heavy atom. The van der Waals surface area contributed by atoms with Gasteiger partial charge in [0.15, 0.2) is 9.84 Å². The molecular weight excluding hydrogens is 200 g/mol. The lowest BCUT2D eigenvalue weighted by molar-refractivity contribution is -0.105. The Balaban J connectivity index is 2.79. The molecule has 0 amide bonds. The van der Waals surface area contributed by atoms with Crippen LogP contribution in [0.15, 0.2) is 35.7 Å². The van der Waals surface area contributed by atoms with Gasteiger partial charge in [0.25, 0.3) is 0 Å². The van der Waals surface area contributed by atoms with Gasteiger partial charge in [0.2, 0.25) is 0 Å². The molecule has 0 radical (unpaired) electrons. The number of sulfone groups is 1. The number of hydrogen-bond donors (Lipinski definition) is 0. The Kier molecular flexibility index (Phi) is 3.59. The van der Waals surface area contributed by atoms with Crippen molar-refractivity contribution in [3.05, 3.63) is 41.3 Å². The van der Waals surface area contributed by atoms with Gasteiger partial charge in [0.05, 0.1) is 0 Å². The molecule has 0 spiro atoms. The molecule has 0 aliphatic heterocycles. The minimum atomic E-state index is -3.38. The third-order valence-corrected chi connectivity index (χ3v) is 2.72. The van der Waals surface area contributed by atoms with E-state index in [0.29, 0.717) is 6.29 Å². The van der Waals surface area contributed by atoms with E-state index in [0.717, 1.165) is 11.0 Å². The summed E-state index contributed by atoms with van der Waals surface area (Å²) in [7, 11) is -3.38. The van der Waals surface area contributed by atoms with Gasteiger partial charge < -0.3 is 4.79 Å². The Labute approximate surface area is 83.0 Å². The zero-order chi connectivity index (χ0) is 10.4. The molecule has 1 rings (SSSR count). The van der Waals surface area contributed by atoms with Crippen molar-refractivity contribution in [2.75, 3.05) is 5.75 Å². The average Bonchev–Trinajstić information content (AvgIpc) is 2.17. The van der Waals surface area contributed by atoms with Crippen LogP contribution >= 0.6 is 0 Å². The Hall–Kier alpha value is -1.42. The minimum absolute atomic E-state index is 0.380. The zero-order valence-corrected chi connectivity index (χ0v) is 8.28. The fourth-order valence-corrected chi connectivity index (χ4v) is 1.56. The number of benzene rings is 1. The standard InChI is InChI=1S/C10H10O3S/c11-7-9-14(12,13)8-6-10-4-2-1-3-5-10/h1-8H,9H2/b8-6-. The van der Waals surface area contributed by atoms with Gasteiger partial charge in [-0.3, -0.25) is 0 Å². The maximum atomic E-state index is 11.1. The normalized spacial score (nSPS) is 11.7. The van der Waals surface area contributed by atoms with Gasteiger partial charge in [-0.05, 0) is 11.6 Å². The summed E-state index contributed by atoms with van der Waals surface area (Å²) >= 11 is 0. The van der Waals surface area contributed by atoms with Crippen molar-refractivity contribution in [1.82, 2.24) is 0 Å². The van der Waals surface area contributed by atoms with E-state index in [-0.39, 0.29) is 0 Å². The lowest BCUT2D eigenvalue weighted by Gasteiger charge is -1.92. The maximum Gasteiger partial charge on any atom is 0.178 e. The molecule has 4 heteroatoms. The lowest BCUT2D eigenvalue weighted by Crippen LogP contribution is -2.02. The maximum absolute atomic E-state index is 11.1. The summed E-state index contributed by atoms with van der Waals surface area (Å²) in [6.07, 6.45) is 1.85. The largest absolute Gasteiger partial charge is 0.302 e. The highest BCUT2D eigenvalue weighted by Crippen LogP contribution is 2.03. The molecule has 0 bridgehead atoms. The first-order valence-electron chi connectivity index (χ1n) is 4.03. The molecule has 1 aromatic carbocycles. The minimum Gasteiger partial charge on any atom is -0.302 e. The molecular formula is C10H10O3S. The van der Waals surface area contributed by atoms with Crippen LogP contribution in [0.4, 0.5) is 0 Å². The van der Waals surface area contributed by atoms with Crippen LogP contribution < -0.4 is 0 Å². The van der Waals surface area contributed by atoms with E-state index in [1.807, 2.05) is 18.2 Å². The third-order valence-electron chi connectivity index (χ3n) is 1.57. The SMILES string of the molecule is O=CCS(=O)(=O)/C=C\c1ccccc1. The lowest BCUT2D eigenvalue weighted by atomic mass is 10.2. The quantitative estimate of drug-likeness (QED) is 0.703. The smallest absolute Gasteiger partial charge is 0.178 e. The summed E-state index contributed by atoms with van der Waals surface area (Å²) in [5.41, 5.74) is 0.793. The first-order chi connectivity index (χ1) is 6.64. The topological polar surface area (TPSA) is 51.2 Å². The van der Waals surface area contributed by atoms with Crippen LogP contribution in [-0.2, 0) is 14.6 Å². The Morgan fingerprint density at radius 2 is 1.79 bits per heavy atom. The van der Waals surface area contributed by atoms with E-state index in [1.54, 1.807) is 12.1 Å². The number of aldehydes is 1. The summed E-state index contributed by atoms with van der Waals surface area (Å²) in [6.45, 7) is 0. The highest BCUT2D eigenvalue weighted by atomic mass is 32.2. The molecule has 0 atom stereocenters. The van der Waals surface area contributed by atoms with Crippen LogP contribution in [0.1, 0.15) is 5.56 Å². The Bertz CT molecular complexity index is 418. The van der Waals surface area contributed by atoms with Gasteiger partial charge in [0.1, 0.15) is 12.0 Å². The van der Waals surface area contributed by atoms with Crippen molar-refractivity contribution in [3.8, 4) is 0 Å². The second-order valence-corrected chi connectivity index (χ2v) is 4.64. The molecule has 0 heterocycles. The summed E-state index contributed by atoms with van der Waals surface area (Å²) in [4.78, 5) is 10.0. The average molecular weight is 210 g/mol. The monoisotopic (exact) mass is 210 g/mol. The molecule has 0 saturated carbocycles. The van der Waals surface area contributed by atoms with Gasteiger partial charge in [-0.2, -0.15) is 0 Å². The molecule has 0 aliphatic carbocycles. The van der Waals surface area contributed by atoms with Gasteiger partial charge in [0, 0.05) is 5.41 Å². The van der Waals surface area contributed by atoms with Crippen molar-refractivity contribution < 1.29 is 13.2 Å². The van der Waals surface area contributed by atoms with Gasteiger partial charge in [-0.1, -0.05) is 30.3 Å². The zero-order valence-electron chi connectivity index (χ0n) is 7.46. The van der Waals surface area contributed by atoms with Gasteiger partial charge in [-0.25, -0.2) is 8.42 Å². The molecule has 0 aliphatic rings. The van der Waals surface area contributed by atoms with E-state index in [4.69, 9.17) is 0 Å². The van der Waals surface area contributed by atoms with Gasteiger partial charge in [-0.15, -0.1) is 0 Å². The van der Waals surface area contributed by atoms with E-state index < -0.39 is 15.6 Å². The molecule has 3 nitrogen and oxygen atoms in total. The number of rotatable bonds is 4. The fraction of sp³-hybridized carbons (Fsp3) is 0.100. The summed E-state index contributed by atoms with van der Waals surface area (Å²) in [5.74, 6) is -0.462. The molecule has 0 unspecified atom stereocenters. The van der Waals surface area contributed by atoms with Crippen LogP contribution in [0.5, 0.6) is 0 Å². The summed E-state index contributed by atoms with van der Waals surface area (Å²) in [6, 6.07) is 9.04. The highest BCUT2D eigenvalue weighted by Gasteiger charge is 2.02. The van der Waals surface area contributed by atoms with Crippen LogP contribution in [0, 0.1) is 0 Å². The van der Waals surface area contributed by atoms with Crippen molar-refractivity contribution >= 4 is 22.2 Å². The number of hydrogen-bond acceptors (Lipinski definition) is 3. The highest BCUT2D eigenvalue weighted by molar-refractivity contribution is 7.95.